The van der Waals surface area contributed by atoms with Crippen molar-refractivity contribution in [2.24, 2.45) is 0 Å². The summed E-state index contributed by atoms with van der Waals surface area (Å²) in [6.45, 7) is 1.47. The van der Waals surface area contributed by atoms with Crippen molar-refractivity contribution < 1.29 is 23.9 Å². The predicted molar refractivity (Wildman–Crippen MR) is 121 cm³/mol. The normalized spacial score (nSPS) is 11.5. The molecule has 0 spiro atoms. The average molecular weight is 422 g/mol. The summed E-state index contributed by atoms with van der Waals surface area (Å²) >= 11 is 0. The Labute approximate surface area is 183 Å². The second-order valence-corrected chi connectivity index (χ2v) is 7.31. The van der Waals surface area contributed by atoms with E-state index in [1.165, 1.54) is 0 Å². The molecule has 1 atom stereocenters. The van der Waals surface area contributed by atoms with Crippen molar-refractivity contribution in [3.05, 3.63) is 83.9 Å². The molecule has 0 heterocycles. The topological polar surface area (TPSA) is 61.2 Å². The molecule has 0 saturated heterocycles. The molecule has 6 nitrogen and oxygen atoms in total. The van der Waals surface area contributed by atoms with Gasteiger partial charge in [-0.15, -0.1) is 0 Å². The number of methoxy groups -OCH3 is 2. The van der Waals surface area contributed by atoms with Crippen LogP contribution in [0.15, 0.2) is 72.8 Å². The minimum atomic E-state index is -0.0580. The lowest BCUT2D eigenvalue weighted by atomic mass is 10.1. The number of nitrogens with one attached hydrogen (secondary N) is 2. The van der Waals surface area contributed by atoms with Crippen molar-refractivity contribution in [2.45, 2.75) is 13.2 Å². The minimum absolute atomic E-state index is 0.0580. The number of anilines is 1. The lowest BCUT2D eigenvalue weighted by molar-refractivity contribution is -0.885. The van der Waals surface area contributed by atoms with Crippen LogP contribution in [0, 0.1) is 0 Å². The minimum Gasteiger partial charge on any atom is -0.493 e. The zero-order chi connectivity index (χ0) is 22.1. The lowest BCUT2D eigenvalue weighted by Gasteiger charge is -2.17. The number of hydrogen-bond acceptors (Lipinski definition) is 4. The van der Waals surface area contributed by atoms with Gasteiger partial charge in [0.1, 0.15) is 18.9 Å². The third kappa shape index (κ3) is 6.49. The van der Waals surface area contributed by atoms with Gasteiger partial charge in [0.2, 0.25) is 0 Å². The van der Waals surface area contributed by atoms with E-state index < -0.39 is 0 Å². The van der Waals surface area contributed by atoms with Crippen molar-refractivity contribution in [1.82, 2.24) is 0 Å². The Kier molecular flexibility index (Phi) is 7.90. The molecule has 3 aromatic rings. The fraction of sp³-hybridized carbons (Fsp3) is 0.240. The van der Waals surface area contributed by atoms with E-state index in [0.29, 0.717) is 31.2 Å². The molecule has 0 aliphatic rings. The second-order valence-electron chi connectivity index (χ2n) is 7.31. The van der Waals surface area contributed by atoms with E-state index in [1.807, 2.05) is 79.8 Å². The second kappa shape index (κ2) is 11.0. The first-order valence-corrected chi connectivity index (χ1v) is 10.2. The monoisotopic (exact) mass is 421 g/mol. The standard InChI is InChI=1S/C25H28N2O4/c1-27(16-20-10-7-11-23(29-2)25(20)30-3)17-24(28)26-21-12-14-22(15-13-21)31-18-19-8-5-4-6-9-19/h4-15H,16-18H2,1-3H3,(H,26,28)/p+1. The van der Waals surface area contributed by atoms with Gasteiger partial charge in [-0.2, -0.15) is 0 Å². The molecule has 2 N–H and O–H groups in total. The molecule has 0 fully saturated rings. The Balaban J connectivity index is 1.50. The highest BCUT2D eigenvalue weighted by Gasteiger charge is 2.16. The molecule has 3 aromatic carbocycles. The van der Waals surface area contributed by atoms with Gasteiger partial charge in [0.25, 0.3) is 5.91 Å². The fourth-order valence-corrected chi connectivity index (χ4v) is 3.34. The van der Waals surface area contributed by atoms with Crippen LogP contribution in [0.4, 0.5) is 5.69 Å². The van der Waals surface area contributed by atoms with Crippen LogP contribution in [0.5, 0.6) is 17.2 Å². The fourth-order valence-electron chi connectivity index (χ4n) is 3.34. The van der Waals surface area contributed by atoms with Crippen LogP contribution < -0.4 is 24.4 Å². The van der Waals surface area contributed by atoms with E-state index in [0.717, 1.165) is 27.5 Å². The summed E-state index contributed by atoms with van der Waals surface area (Å²) in [5.41, 5.74) is 2.84. The van der Waals surface area contributed by atoms with Crippen LogP contribution in [0.3, 0.4) is 0 Å². The van der Waals surface area contributed by atoms with Gasteiger partial charge >= 0.3 is 0 Å². The highest BCUT2D eigenvalue weighted by atomic mass is 16.5. The molecule has 162 valence electrons. The predicted octanol–water partition coefficient (Wildman–Crippen LogP) is 2.94. The van der Waals surface area contributed by atoms with Crippen molar-refractivity contribution >= 4 is 11.6 Å². The van der Waals surface area contributed by atoms with Crippen LogP contribution in [-0.4, -0.2) is 33.7 Å². The van der Waals surface area contributed by atoms with Crippen molar-refractivity contribution in [1.29, 1.82) is 0 Å². The van der Waals surface area contributed by atoms with Gasteiger partial charge < -0.3 is 24.4 Å². The number of hydrogen-bond donors (Lipinski definition) is 2. The Morgan fingerprint density at radius 3 is 2.32 bits per heavy atom. The number of carbonyl (C=O) groups excluding carboxylic acids is 1. The number of rotatable bonds is 10. The Hall–Kier alpha value is -3.51. The summed E-state index contributed by atoms with van der Waals surface area (Å²) in [6.07, 6.45) is 0. The van der Waals surface area contributed by atoms with E-state index in [-0.39, 0.29) is 5.91 Å². The van der Waals surface area contributed by atoms with Crippen LogP contribution in [0.2, 0.25) is 0 Å². The largest absolute Gasteiger partial charge is 0.493 e. The SMILES string of the molecule is COc1cccc(C[NH+](C)CC(=O)Nc2ccc(OCc3ccccc3)cc2)c1OC. The number of quaternary nitrogens is 1. The Morgan fingerprint density at radius 2 is 1.65 bits per heavy atom. The molecular weight excluding hydrogens is 392 g/mol. The molecule has 0 bridgehead atoms. The first-order valence-electron chi connectivity index (χ1n) is 10.2. The number of benzene rings is 3. The molecule has 0 aliphatic heterocycles. The van der Waals surface area contributed by atoms with Gasteiger partial charge in [-0.3, -0.25) is 4.79 Å². The molecule has 1 amide bonds. The first kappa shape index (κ1) is 22.2. The van der Waals surface area contributed by atoms with Gasteiger partial charge in [-0.1, -0.05) is 36.4 Å². The third-order valence-corrected chi connectivity index (χ3v) is 4.83. The van der Waals surface area contributed by atoms with Crippen LogP contribution in [0.25, 0.3) is 0 Å². The summed E-state index contributed by atoms with van der Waals surface area (Å²) in [6, 6.07) is 23.2. The quantitative estimate of drug-likeness (QED) is 0.529. The molecule has 0 aromatic heterocycles. The number of amides is 1. The average Bonchev–Trinajstić information content (AvgIpc) is 2.79. The molecule has 0 saturated carbocycles. The van der Waals surface area contributed by atoms with E-state index in [4.69, 9.17) is 14.2 Å². The van der Waals surface area contributed by atoms with Gasteiger partial charge in [-0.25, -0.2) is 0 Å². The highest BCUT2D eigenvalue weighted by Crippen LogP contribution is 2.30. The maximum atomic E-state index is 12.5. The zero-order valence-corrected chi connectivity index (χ0v) is 18.2. The van der Waals surface area contributed by atoms with Crippen LogP contribution >= 0.6 is 0 Å². The lowest BCUT2D eigenvalue weighted by Crippen LogP contribution is -3.08. The maximum Gasteiger partial charge on any atom is 0.279 e. The van der Waals surface area contributed by atoms with Crippen LogP contribution in [0.1, 0.15) is 11.1 Å². The summed E-state index contributed by atoms with van der Waals surface area (Å²) < 4.78 is 16.6. The van der Waals surface area contributed by atoms with Gasteiger partial charge in [0.15, 0.2) is 18.0 Å². The number of carbonyl (C=O) groups is 1. The summed E-state index contributed by atoms with van der Waals surface area (Å²) in [4.78, 5) is 13.5. The molecule has 6 heteroatoms. The molecule has 1 unspecified atom stereocenters. The zero-order valence-electron chi connectivity index (χ0n) is 18.2. The van der Waals surface area contributed by atoms with E-state index >= 15 is 0 Å². The van der Waals surface area contributed by atoms with Crippen molar-refractivity contribution in [2.75, 3.05) is 33.1 Å². The van der Waals surface area contributed by atoms with E-state index in [1.54, 1.807) is 14.2 Å². The van der Waals surface area contributed by atoms with E-state index in [9.17, 15) is 4.79 Å². The molecular formula is C25H29N2O4+. The first-order chi connectivity index (χ1) is 15.1. The van der Waals surface area contributed by atoms with E-state index in [2.05, 4.69) is 5.32 Å². The van der Waals surface area contributed by atoms with Crippen molar-refractivity contribution in [3.8, 4) is 17.2 Å². The number of para-hydroxylation sites is 1. The Bertz CT molecular complexity index is 975. The van der Waals surface area contributed by atoms with Gasteiger partial charge in [-0.05, 0) is 42.0 Å². The highest BCUT2D eigenvalue weighted by molar-refractivity contribution is 5.91. The third-order valence-electron chi connectivity index (χ3n) is 4.83. The molecule has 0 aliphatic carbocycles. The van der Waals surface area contributed by atoms with Crippen molar-refractivity contribution in [3.63, 3.8) is 0 Å². The molecule has 3 rings (SSSR count). The maximum absolute atomic E-state index is 12.5. The molecule has 0 radical (unpaired) electrons. The smallest absolute Gasteiger partial charge is 0.279 e. The van der Waals surface area contributed by atoms with Gasteiger partial charge in [0, 0.05) is 5.69 Å². The summed E-state index contributed by atoms with van der Waals surface area (Å²) in [5, 5.41) is 2.94. The number of ether oxygens (including phenoxy) is 3. The molecule has 31 heavy (non-hydrogen) atoms. The summed E-state index contributed by atoms with van der Waals surface area (Å²) in [5.74, 6) is 2.09. The Morgan fingerprint density at radius 1 is 0.903 bits per heavy atom. The van der Waals surface area contributed by atoms with Gasteiger partial charge in [0.05, 0.1) is 26.8 Å². The number of likely N-dealkylation sites (N-methyl/N-ethyl adjacent to an activating group) is 1. The van der Waals surface area contributed by atoms with Crippen LogP contribution in [-0.2, 0) is 17.9 Å². The summed E-state index contributed by atoms with van der Waals surface area (Å²) in [7, 11) is 5.21.